The van der Waals surface area contributed by atoms with Crippen molar-refractivity contribution < 1.29 is 4.74 Å². The Balaban J connectivity index is 1.84. The third-order valence-corrected chi connectivity index (χ3v) is 2.76. The van der Waals surface area contributed by atoms with Crippen LogP contribution < -0.4 is 5.32 Å². The van der Waals surface area contributed by atoms with E-state index in [0.717, 1.165) is 39.1 Å². The quantitative estimate of drug-likeness (QED) is 0.643. The fourth-order valence-electron chi connectivity index (χ4n) is 1.81. The molecule has 0 saturated heterocycles. The molecule has 0 atom stereocenters. The summed E-state index contributed by atoms with van der Waals surface area (Å²) in [5.41, 5.74) is 1.43. The van der Waals surface area contributed by atoms with E-state index in [1.54, 1.807) is 0 Å². The van der Waals surface area contributed by atoms with E-state index in [9.17, 15) is 0 Å². The van der Waals surface area contributed by atoms with Crippen molar-refractivity contribution in [2.75, 3.05) is 26.3 Å². The summed E-state index contributed by atoms with van der Waals surface area (Å²) in [4.78, 5) is 0. The predicted molar refractivity (Wildman–Crippen MR) is 77.9 cm³/mol. The molecule has 1 N–H and O–H groups in total. The molecule has 1 rings (SSSR count). The highest BCUT2D eigenvalue weighted by Crippen LogP contribution is 2.01. The second-order valence-corrected chi connectivity index (χ2v) is 5.16. The van der Waals surface area contributed by atoms with Crippen molar-refractivity contribution in [3.05, 3.63) is 35.9 Å². The molecule has 0 radical (unpaired) electrons. The second kappa shape index (κ2) is 10.1. The van der Waals surface area contributed by atoms with Crippen molar-refractivity contribution in [2.24, 2.45) is 5.92 Å². The zero-order valence-electron chi connectivity index (χ0n) is 11.8. The van der Waals surface area contributed by atoms with Crippen LogP contribution in [0.3, 0.4) is 0 Å². The minimum absolute atomic E-state index is 0.642. The third kappa shape index (κ3) is 8.26. The minimum Gasteiger partial charge on any atom is -0.381 e. The van der Waals surface area contributed by atoms with Gasteiger partial charge in [0, 0.05) is 13.2 Å². The van der Waals surface area contributed by atoms with Gasteiger partial charge in [-0.15, -0.1) is 0 Å². The van der Waals surface area contributed by atoms with Crippen LogP contribution in [0.5, 0.6) is 0 Å². The van der Waals surface area contributed by atoms with E-state index < -0.39 is 0 Å². The molecule has 102 valence electrons. The van der Waals surface area contributed by atoms with Crippen LogP contribution in [0.1, 0.15) is 32.3 Å². The zero-order valence-corrected chi connectivity index (χ0v) is 11.8. The monoisotopic (exact) mass is 249 g/mol. The van der Waals surface area contributed by atoms with Crippen molar-refractivity contribution in [1.29, 1.82) is 0 Å². The molecule has 0 unspecified atom stereocenters. The topological polar surface area (TPSA) is 21.3 Å². The molecule has 0 aliphatic carbocycles. The van der Waals surface area contributed by atoms with Crippen LogP contribution in [-0.4, -0.2) is 26.3 Å². The Kier molecular flexibility index (Phi) is 8.53. The largest absolute Gasteiger partial charge is 0.381 e. The number of aryl methyl sites for hydroxylation is 1. The second-order valence-electron chi connectivity index (χ2n) is 5.16. The van der Waals surface area contributed by atoms with Gasteiger partial charge in [-0.25, -0.2) is 0 Å². The Morgan fingerprint density at radius 1 is 1.06 bits per heavy atom. The van der Waals surface area contributed by atoms with Crippen molar-refractivity contribution in [3.8, 4) is 0 Å². The standard InChI is InChI=1S/C16H27NO/c1-15(2)14-18-13-7-12-17-11-6-10-16-8-4-3-5-9-16/h3-5,8-9,15,17H,6-7,10-14H2,1-2H3. The molecule has 1 aromatic carbocycles. The van der Waals surface area contributed by atoms with Crippen LogP contribution in [0.4, 0.5) is 0 Å². The highest BCUT2D eigenvalue weighted by Gasteiger charge is 1.94. The lowest BCUT2D eigenvalue weighted by Gasteiger charge is -2.07. The summed E-state index contributed by atoms with van der Waals surface area (Å²) in [6, 6.07) is 10.7. The van der Waals surface area contributed by atoms with E-state index in [2.05, 4.69) is 49.5 Å². The van der Waals surface area contributed by atoms with E-state index in [0.29, 0.717) is 5.92 Å². The lowest BCUT2D eigenvalue weighted by molar-refractivity contribution is 0.108. The number of rotatable bonds is 10. The molecule has 18 heavy (non-hydrogen) atoms. The molecule has 0 amide bonds. The molecule has 0 spiro atoms. The van der Waals surface area contributed by atoms with E-state index in [4.69, 9.17) is 4.74 Å². The summed E-state index contributed by atoms with van der Waals surface area (Å²) in [7, 11) is 0. The van der Waals surface area contributed by atoms with Crippen molar-refractivity contribution >= 4 is 0 Å². The average Bonchev–Trinajstić information content (AvgIpc) is 2.37. The first-order valence-electron chi connectivity index (χ1n) is 7.11. The van der Waals surface area contributed by atoms with Gasteiger partial charge in [0.2, 0.25) is 0 Å². The van der Waals surface area contributed by atoms with Gasteiger partial charge >= 0.3 is 0 Å². The van der Waals surface area contributed by atoms with Gasteiger partial charge in [-0.05, 0) is 43.8 Å². The van der Waals surface area contributed by atoms with E-state index in [-0.39, 0.29) is 0 Å². The van der Waals surface area contributed by atoms with E-state index >= 15 is 0 Å². The molecule has 2 heteroatoms. The fraction of sp³-hybridized carbons (Fsp3) is 0.625. The first-order valence-corrected chi connectivity index (χ1v) is 7.11. The molecule has 0 aliphatic heterocycles. The summed E-state index contributed by atoms with van der Waals surface area (Å²) in [5, 5.41) is 3.46. The van der Waals surface area contributed by atoms with Crippen LogP contribution in [0, 0.1) is 5.92 Å². The first-order chi connectivity index (χ1) is 8.79. The molecule has 0 bridgehead atoms. The summed E-state index contributed by atoms with van der Waals surface area (Å²) >= 11 is 0. The highest BCUT2D eigenvalue weighted by molar-refractivity contribution is 5.14. The number of hydrogen-bond donors (Lipinski definition) is 1. The lowest BCUT2D eigenvalue weighted by Crippen LogP contribution is -2.19. The molecule has 0 aliphatic rings. The number of benzene rings is 1. The Morgan fingerprint density at radius 2 is 1.78 bits per heavy atom. The smallest absolute Gasteiger partial charge is 0.0489 e. The predicted octanol–water partition coefficient (Wildman–Crippen LogP) is 3.27. The van der Waals surface area contributed by atoms with Crippen LogP contribution >= 0.6 is 0 Å². The van der Waals surface area contributed by atoms with Gasteiger partial charge in [0.1, 0.15) is 0 Å². The van der Waals surface area contributed by atoms with Crippen LogP contribution in [-0.2, 0) is 11.2 Å². The van der Waals surface area contributed by atoms with E-state index in [1.165, 1.54) is 12.0 Å². The van der Waals surface area contributed by atoms with E-state index in [1.807, 2.05) is 0 Å². The van der Waals surface area contributed by atoms with Gasteiger partial charge in [-0.1, -0.05) is 44.2 Å². The fourth-order valence-corrected chi connectivity index (χ4v) is 1.81. The molecule has 1 aromatic rings. The molecule has 2 nitrogen and oxygen atoms in total. The minimum atomic E-state index is 0.642. The van der Waals surface area contributed by atoms with Crippen molar-refractivity contribution in [3.63, 3.8) is 0 Å². The van der Waals surface area contributed by atoms with Crippen LogP contribution in [0.2, 0.25) is 0 Å². The molecule has 0 fully saturated rings. The van der Waals surface area contributed by atoms with Crippen LogP contribution in [0.15, 0.2) is 30.3 Å². The Morgan fingerprint density at radius 3 is 2.50 bits per heavy atom. The third-order valence-electron chi connectivity index (χ3n) is 2.76. The summed E-state index contributed by atoms with van der Waals surface area (Å²) in [6.45, 7) is 8.29. The highest BCUT2D eigenvalue weighted by atomic mass is 16.5. The summed E-state index contributed by atoms with van der Waals surface area (Å²) < 4.78 is 5.53. The van der Waals surface area contributed by atoms with Gasteiger partial charge in [-0.2, -0.15) is 0 Å². The maximum Gasteiger partial charge on any atom is 0.0489 e. The number of ether oxygens (including phenoxy) is 1. The maximum absolute atomic E-state index is 5.53. The molecule has 0 aromatic heterocycles. The first kappa shape index (κ1) is 15.2. The number of nitrogens with one attached hydrogen (secondary N) is 1. The Hall–Kier alpha value is -0.860. The summed E-state index contributed by atoms with van der Waals surface area (Å²) in [6.07, 6.45) is 3.48. The lowest BCUT2D eigenvalue weighted by atomic mass is 10.1. The van der Waals surface area contributed by atoms with Gasteiger partial charge < -0.3 is 10.1 Å². The maximum atomic E-state index is 5.53. The van der Waals surface area contributed by atoms with Crippen LogP contribution in [0.25, 0.3) is 0 Å². The summed E-state index contributed by atoms with van der Waals surface area (Å²) in [5.74, 6) is 0.642. The molecule has 0 heterocycles. The molecule has 0 saturated carbocycles. The van der Waals surface area contributed by atoms with Gasteiger partial charge in [0.25, 0.3) is 0 Å². The van der Waals surface area contributed by atoms with Gasteiger partial charge in [-0.3, -0.25) is 0 Å². The zero-order chi connectivity index (χ0) is 13.1. The molecular formula is C16H27NO. The normalized spacial score (nSPS) is 11.1. The molecular weight excluding hydrogens is 222 g/mol. The van der Waals surface area contributed by atoms with Gasteiger partial charge in [0.15, 0.2) is 0 Å². The van der Waals surface area contributed by atoms with Gasteiger partial charge in [0.05, 0.1) is 0 Å². The Bertz CT molecular complexity index is 284. The SMILES string of the molecule is CC(C)COCCCNCCCc1ccccc1. The average molecular weight is 249 g/mol. The van der Waals surface area contributed by atoms with Crippen molar-refractivity contribution in [1.82, 2.24) is 5.32 Å². The Labute approximate surface area is 112 Å². The van der Waals surface area contributed by atoms with Crippen molar-refractivity contribution in [2.45, 2.75) is 33.1 Å². The number of hydrogen-bond acceptors (Lipinski definition) is 2.